The van der Waals surface area contributed by atoms with Crippen LogP contribution in [-0.4, -0.2) is 59.3 Å². The number of amides is 2. The van der Waals surface area contributed by atoms with Crippen molar-refractivity contribution in [3.8, 4) is 11.5 Å². The maximum Gasteiger partial charge on any atom is 0.242 e. The van der Waals surface area contributed by atoms with Gasteiger partial charge in [-0.3, -0.25) is 9.59 Å². The monoisotopic (exact) mass is 426 g/mol. The largest absolute Gasteiger partial charge is 0.486 e. The van der Waals surface area contributed by atoms with Crippen LogP contribution in [0.4, 0.5) is 5.69 Å². The summed E-state index contributed by atoms with van der Waals surface area (Å²) in [6, 6.07) is 12.9. The van der Waals surface area contributed by atoms with Crippen molar-refractivity contribution in [2.75, 3.05) is 38.4 Å². The predicted octanol–water partition coefficient (Wildman–Crippen LogP) is 2.63. The van der Waals surface area contributed by atoms with Crippen LogP contribution in [0.2, 0.25) is 0 Å². The van der Waals surface area contributed by atoms with Crippen LogP contribution in [0, 0.1) is 0 Å². The Kier molecular flexibility index (Phi) is 5.80. The molecular formula is C21H22N4O4S. The average Bonchev–Trinajstić information content (AvgIpc) is 3.09. The lowest BCUT2D eigenvalue weighted by Crippen LogP contribution is -2.26. The molecule has 3 aromatic rings. The molecule has 0 fully saturated rings. The number of hydrogen-bond donors (Lipinski definition) is 1. The van der Waals surface area contributed by atoms with E-state index in [0.717, 1.165) is 11.0 Å². The number of carbonyl (C=O) groups is 2. The van der Waals surface area contributed by atoms with Crippen LogP contribution in [-0.2, 0) is 16.1 Å². The van der Waals surface area contributed by atoms with Crippen LogP contribution in [0.25, 0.3) is 11.0 Å². The molecule has 2 aromatic carbocycles. The van der Waals surface area contributed by atoms with Gasteiger partial charge in [-0.2, -0.15) is 0 Å². The summed E-state index contributed by atoms with van der Waals surface area (Å²) in [6.45, 7) is 1.18. The zero-order valence-electron chi connectivity index (χ0n) is 16.8. The predicted molar refractivity (Wildman–Crippen MR) is 115 cm³/mol. The van der Waals surface area contributed by atoms with E-state index in [-0.39, 0.29) is 24.1 Å². The van der Waals surface area contributed by atoms with Crippen LogP contribution in [0.1, 0.15) is 0 Å². The number of anilines is 1. The average molecular weight is 426 g/mol. The number of nitrogens with one attached hydrogen (secondary N) is 1. The number of aromatic nitrogens is 2. The molecular weight excluding hydrogens is 404 g/mol. The van der Waals surface area contributed by atoms with Crippen molar-refractivity contribution in [3.63, 3.8) is 0 Å². The molecule has 4 rings (SSSR count). The van der Waals surface area contributed by atoms with Crippen LogP contribution in [0.5, 0.6) is 11.5 Å². The molecule has 1 aromatic heterocycles. The smallest absolute Gasteiger partial charge is 0.242 e. The first kappa shape index (κ1) is 20.1. The molecule has 0 radical (unpaired) electrons. The molecule has 0 saturated carbocycles. The van der Waals surface area contributed by atoms with Gasteiger partial charge in [0.05, 0.1) is 16.8 Å². The van der Waals surface area contributed by atoms with Crippen molar-refractivity contribution in [2.24, 2.45) is 0 Å². The number of fused-ring (bicyclic) bond motifs is 2. The highest BCUT2D eigenvalue weighted by Crippen LogP contribution is 2.32. The first-order valence-corrected chi connectivity index (χ1v) is 10.5. The minimum atomic E-state index is -0.172. The first-order chi connectivity index (χ1) is 14.5. The third-order valence-corrected chi connectivity index (χ3v) is 5.55. The van der Waals surface area contributed by atoms with Crippen LogP contribution >= 0.6 is 11.8 Å². The Bertz CT molecular complexity index is 1100. The Hall–Kier alpha value is -3.20. The fourth-order valence-electron chi connectivity index (χ4n) is 3.04. The summed E-state index contributed by atoms with van der Waals surface area (Å²) < 4.78 is 12.9. The van der Waals surface area contributed by atoms with Crippen molar-refractivity contribution in [2.45, 2.75) is 11.7 Å². The second kappa shape index (κ2) is 8.66. The normalized spacial score (nSPS) is 12.6. The summed E-state index contributed by atoms with van der Waals surface area (Å²) >= 11 is 1.30. The standard InChI is InChI=1S/C21H22N4O4S/c1-24(2)20(27)12-25-16-6-4-3-5-15(16)23-21(25)30-13-19(26)22-14-7-8-17-18(11-14)29-10-9-28-17/h3-8,11H,9-10,12-13H2,1-2H3,(H,22,26). The quantitative estimate of drug-likeness (QED) is 0.610. The minimum Gasteiger partial charge on any atom is -0.486 e. The number of likely N-dealkylation sites (N-methyl/N-ethyl adjacent to an activating group) is 1. The van der Waals surface area contributed by atoms with Gasteiger partial charge in [0.1, 0.15) is 19.8 Å². The second-order valence-corrected chi connectivity index (χ2v) is 7.90. The molecule has 0 atom stereocenters. The number of rotatable bonds is 6. The lowest BCUT2D eigenvalue weighted by atomic mass is 10.2. The number of carbonyl (C=O) groups excluding carboxylic acids is 2. The SMILES string of the molecule is CN(C)C(=O)Cn1c(SCC(=O)Nc2ccc3c(c2)OCCO3)nc2ccccc21. The highest BCUT2D eigenvalue weighted by atomic mass is 32.2. The molecule has 0 saturated heterocycles. The third kappa shape index (κ3) is 4.35. The van der Waals surface area contributed by atoms with E-state index >= 15 is 0 Å². The number of imidazole rings is 1. The maximum absolute atomic E-state index is 12.5. The molecule has 2 heterocycles. The van der Waals surface area contributed by atoms with Crippen molar-refractivity contribution in [3.05, 3.63) is 42.5 Å². The van der Waals surface area contributed by atoms with Gasteiger partial charge >= 0.3 is 0 Å². The van der Waals surface area contributed by atoms with Gasteiger partial charge < -0.3 is 24.3 Å². The lowest BCUT2D eigenvalue weighted by Gasteiger charge is -2.19. The van der Waals surface area contributed by atoms with E-state index in [1.807, 2.05) is 28.8 Å². The van der Waals surface area contributed by atoms with Gasteiger partial charge in [-0.05, 0) is 24.3 Å². The molecule has 30 heavy (non-hydrogen) atoms. The molecule has 0 unspecified atom stereocenters. The van der Waals surface area contributed by atoms with Crippen LogP contribution in [0.3, 0.4) is 0 Å². The molecule has 9 heteroatoms. The fraction of sp³-hybridized carbons (Fsp3) is 0.286. The van der Waals surface area contributed by atoms with Gasteiger partial charge in [-0.15, -0.1) is 0 Å². The van der Waals surface area contributed by atoms with E-state index in [1.165, 1.54) is 16.7 Å². The number of ether oxygens (including phenoxy) is 2. The van der Waals surface area contributed by atoms with E-state index in [2.05, 4.69) is 10.3 Å². The molecule has 1 N–H and O–H groups in total. The minimum absolute atomic E-state index is 0.0410. The second-order valence-electron chi connectivity index (χ2n) is 6.95. The molecule has 8 nitrogen and oxygen atoms in total. The molecule has 0 spiro atoms. The number of nitrogens with zero attached hydrogens (tertiary/aromatic N) is 3. The van der Waals surface area contributed by atoms with Gasteiger partial charge in [0.2, 0.25) is 11.8 Å². The topological polar surface area (TPSA) is 85.7 Å². The van der Waals surface area contributed by atoms with Gasteiger partial charge in [-0.25, -0.2) is 4.98 Å². The molecule has 1 aliphatic rings. The Morgan fingerprint density at radius 3 is 2.70 bits per heavy atom. The van der Waals surface area contributed by atoms with E-state index in [4.69, 9.17) is 9.47 Å². The van der Waals surface area contributed by atoms with Gasteiger partial charge in [-0.1, -0.05) is 23.9 Å². The first-order valence-electron chi connectivity index (χ1n) is 9.49. The zero-order valence-corrected chi connectivity index (χ0v) is 17.6. The highest BCUT2D eigenvalue weighted by Gasteiger charge is 2.17. The Labute approximate surface area is 178 Å². The van der Waals surface area contributed by atoms with Crippen molar-refractivity contribution < 1.29 is 19.1 Å². The van der Waals surface area contributed by atoms with Gasteiger partial charge in [0.15, 0.2) is 16.7 Å². The maximum atomic E-state index is 12.5. The molecule has 0 bridgehead atoms. The van der Waals surface area contributed by atoms with E-state index < -0.39 is 0 Å². The summed E-state index contributed by atoms with van der Waals surface area (Å²) in [5.74, 6) is 1.24. The Morgan fingerprint density at radius 1 is 1.13 bits per heavy atom. The number of hydrogen-bond acceptors (Lipinski definition) is 6. The Balaban J connectivity index is 1.46. The van der Waals surface area contributed by atoms with E-state index in [9.17, 15) is 9.59 Å². The number of para-hydroxylation sites is 2. The van der Waals surface area contributed by atoms with Crippen molar-refractivity contribution in [1.82, 2.24) is 14.5 Å². The van der Waals surface area contributed by atoms with Gasteiger partial charge in [0, 0.05) is 25.8 Å². The van der Waals surface area contributed by atoms with Crippen molar-refractivity contribution in [1.29, 1.82) is 0 Å². The number of thioether (sulfide) groups is 1. The summed E-state index contributed by atoms with van der Waals surface area (Å²) in [5, 5.41) is 3.50. The molecule has 1 aliphatic heterocycles. The summed E-state index contributed by atoms with van der Waals surface area (Å²) in [5.41, 5.74) is 2.29. The van der Waals surface area contributed by atoms with Crippen molar-refractivity contribution >= 4 is 40.3 Å². The van der Waals surface area contributed by atoms with Gasteiger partial charge in [0.25, 0.3) is 0 Å². The lowest BCUT2D eigenvalue weighted by molar-refractivity contribution is -0.129. The number of benzene rings is 2. The summed E-state index contributed by atoms with van der Waals surface area (Å²) in [6.07, 6.45) is 0. The summed E-state index contributed by atoms with van der Waals surface area (Å²) in [7, 11) is 3.43. The van der Waals surface area contributed by atoms with Crippen LogP contribution in [0.15, 0.2) is 47.6 Å². The highest BCUT2D eigenvalue weighted by molar-refractivity contribution is 7.99. The molecule has 2 amide bonds. The van der Waals surface area contributed by atoms with E-state index in [0.29, 0.717) is 35.6 Å². The summed E-state index contributed by atoms with van der Waals surface area (Å²) in [4.78, 5) is 30.9. The Morgan fingerprint density at radius 2 is 1.90 bits per heavy atom. The third-order valence-electron chi connectivity index (χ3n) is 4.57. The fourth-order valence-corrected chi connectivity index (χ4v) is 3.86. The zero-order chi connectivity index (χ0) is 21.1. The van der Waals surface area contributed by atoms with Crippen LogP contribution < -0.4 is 14.8 Å². The molecule has 156 valence electrons. The molecule has 0 aliphatic carbocycles. The van der Waals surface area contributed by atoms with E-state index in [1.54, 1.807) is 32.3 Å².